The van der Waals surface area contributed by atoms with Crippen LogP contribution >= 0.6 is 0 Å². The minimum absolute atomic E-state index is 0.157. The Bertz CT molecular complexity index is 503. The Morgan fingerprint density at radius 2 is 1.92 bits per heavy atom. The van der Waals surface area contributed by atoms with Crippen LogP contribution in [0.25, 0.3) is 0 Å². The second-order valence-electron chi connectivity index (χ2n) is 7.20. The number of carbonyl (C=O) groups is 1. The van der Waals surface area contributed by atoms with Gasteiger partial charge < -0.3 is 15.4 Å². The maximum atomic E-state index is 11.9. The zero-order valence-corrected chi connectivity index (χ0v) is 14.6. The predicted molar refractivity (Wildman–Crippen MR) is 96.0 cm³/mol. The second-order valence-corrected chi connectivity index (χ2v) is 7.20. The smallest absolute Gasteiger partial charge is 0.220 e. The van der Waals surface area contributed by atoms with E-state index in [-0.39, 0.29) is 5.91 Å². The first-order valence-corrected chi connectivity index (χ1v) is 9.52. The lowest BCUT2D eigenvalue weighted by atomic mass is 9.98. The fourth-order valence-corrected chi connectivity index (χ4v) is 3.65. The van der Waals surface area contributed by atoms with Gasteiger partial charge in [0.1, 0.15) is 5.75 Å². The molecule has 1 amide bonds. The molecule has 0 radical (unpaired) electrons. The van der Waals surface area contributed by atoms with Crippen LogP contribution in [0.5, 0.6) is 5.75 Å². The van der Waals surface area contributed by atoms with Gasteiger partial charge in [-0.3, -0.25) is 4.79 Å². The van der Waals surface area contributed by atoms with Gasteiger partial charge in [-0.15, -0.1) is 0 Å². The molecule has 4 nitrogen and oxygen atoms in total. The Hall–Kier alpha value is -1.55. The highest BCUT2D eigenvalue weighted by atomic mass is 16.5. The summed E-state index contributed by atoms with van der Waals surface area (Å²) >= 11 is 0. The van der Waals surface area contributed by atoms with Gasteiger partial charge in [0.25, 0.3) is 0 Å². The number of ether oxygens (including phenoxy) is 1. The summed E-state index contributed by atoms with van der Waals surface area (Å²) in [4.78, 5) is 11.9. The predicted octanol–water partition coefficient (Wildman–Crippen LogP) is 3.40. The van der Waals surface area contributed by atoms with Gasteiger partial charge in [0, 0.05) is 13.0 Å². The van der Waals surface area contributed by atoms with Gasteiger partial charge in [-0.25, -0.2) is 0 Å². The third-order valence-corrected chi connectivity index (χ3v) is 5.21. The van der Waals surface area contributed by atoms with E-state index in [1.165, 1.54) is 38.5 Å². The normalized spacial score (nSPS) is 21.6. The van der Waals surface area contributed by atoms with Crippen LogP contribution in [0.4, 0.5) is 0 Å². The monoisotopic (exact) mass is 330 g/mol. The van der Waals surface area contributed by atoms with Crippen molar-refractivity contribution in [3.63, 3.8) is 0 Å². The topological polar surface area (TPSA) is 50.4 Å². The van der Waals surface area contributed by atoms with E-state index in [9.17, 15) is 4.79 Å². The maximum absolute atomic E-state index is 11.9. The molecule has 1 aromatic rings. The van der Waals surface area contributed by atoms with Crippen LogP contribution in [0, 0.1) is 5.92 Å². The molecule has 24 heavy (non-hydrogen) atoms. The fraction of sp³-hybridized carbons (Fsp3) is 0.650. The van der Waals surface area contributed by atoms with Crippen LogP contribution in [0.15, 0.2) is 24.3 Å². The van der Waals surface area contributed by atoms with Gasteiger partial charge >= 0.3 is 0 Å². The first-order valence-electron chi connectivity index (χ1n) is 9.52. The summed E-state index contributed by atoms with van der Waals surface area (Å²) in [6.07, 6.45) is 9.47. The molecule has 2 fully saturated rings. The molecule has 4 heteroatoms. The highest BCUT2D eigenvalue weighted by Crippen LogP contribution is 2.23. The molecule has 0 aromatic heterocycles. The first kappa shape index (κ1) is 17.3. The minimum atomic E-state index is 0.157. The molecular weight excluding hydrogens is 300 g/mol. The molecule has 3 rings (SSSR count). The minimum Gasteiger partial charge on any atom is -0.490 e. The van der Waals surface area contributed by atoms with E-state index in [1.54, 1.807) is 0 Å². The molecule has 2 N–H and O–H groups in total. The fourth-order valence-electron chi connectivity index (χ4n) is 3.65. The molecule has 1 saturated heterocycles. The van der Waals surface area contributed by atoms with E-state index in [0.29, 0.717) is 25.0 Å². The zero-order valence-electron chi connectivity index (χ0n) is 14.6. The van der Waals surface area contributed by atoms with Crippen molar-refractivity contribution in [1.29, 1.82) is 0 Å². The molecule has 132 valence electrons. The molecule has 1 atom stereocenters. The SMILES string of the molecule is O=C(CCC1CCNC1)NCc1ccc(OC2CCCCC2)cc1. The van der Waals surface area contributed by atoms with E-state index in [1.807, 2.05) is 12.1 Å². The Kier molecular flexibility index (Phi) is 6.53. The Labute approximate surface area is 145 Å². The Morgan fingerprint density at radius 3 is 2.62 bits per heavy atom. The first-order chi connectivity index (χ1) is 11.8. The molecule has 1 aliphatic heterocycles. The van der Waals surface area contributed by atoms with E-state index >= 15 is 0 Å². The highest BCUT2D eigenvalue weighted by Gasteiger charge is 2.16. The number of hydrogen-bond donors (Lipinski definition) is 2. The van der Waals surface area contributed by atoms with Gasteiger partial charge in [-0.05, 0) is 75.2 Å². The summed E-state index contributed by atoms with van der Waals surface area (Å²) in [6.45, 7) is 2.77. The zero-order chi connectivity index (χ0) is 16.6. The largest absolute Gasteiger partial charge is 0.490 e. The van der Waals surface area contributed by atoms with Crippen LogP contribution in [-0.2, 0) is 11.3 Å². The maximum Gasteiger partial charge on any atom is 0.220 e. The summed E-state index contributed by atoms with van der Waals surface area (Å²) in [5, 5.41) is 6.37. The molecule has 0 spiro atoms. The molecule has 1 aliphatic carbocycles. The second kappa shape index (κ2) is 9.07. The van der Waals surface area contributed by atoms with Crippen molar-refractivity contribution < 1.29 is 9.53 Å². The average molecular weight is 330 g/mol. The lowest BCUT2D eigenvalue weighted by Crippen LogP contribution is -2.23. The van der Waals surface area contributed by atoms with Gasteiger partial charge in [0.2, 0.25) is 5.91 Å². The van der Waals surface area contributed by atoms with Gasteiger partial charge in [-0.1, -0.05) is 18.6 Å². The van der Waals surface area contributed by atoms with Crippen molar-refractivity contribution in [3.8, 4) is 5.75 Å². The molecule has 1 heterocycles. The van der Waals surface area contributed by atoms with E-state index in [0.717, 1.165) is 30.8 Å². The van der Waals surface area contributed by atoms with E-state index in [2.05, 4.69) is 22.8 Å². The van der Waals surface area contributed by atoms with Crippen molar-refractivity contribution >= 4 is 5.91 Å². The number of carbonyl (C=O) groups excluding carboxylic acids is 1. The summed E-state index contributed by atoms with van der Waals surface area (Å²) in [7, 11) is 0. The van der Waals surface area contributed by atoms with Crippen molar-refractivity contribution in [2.24, 2.45) is 5.92 Å². The lowest BCUT2D eigenvalue weighted by molar-refractivity contribution is -0.121. The Balaban J connectivity index is 1.36. The number of rotatable bonds is 7. The van der Waals surface area contributed by atoms with Crippen molar-refractivity contribution in [1.82, 2.24) is 10.6 Å². The van der Waals surface area contributed by atoms with Crippen LogP contribution in [0.2, 0.25) is 0 Å². The third-order valence-electron chi connectivity index (χ3n) is 5.21. The summed E-state index contributed by atoms with van der Waals surface area (Å²) < 4.78 is 6.04. The molecule has 1 unspecified atom stereocenters. The van der Waals surface area contributed by atoms with Crippen molar-refractivity contribution in [2.45, 2.75) is 64.0 Å². The van der Waals surface area contributed by atoms with Crippen molar-refractivity contribution in [3.05, 3.63) is 29.8 Å². The summed E-state index contributed by atoms with van der Waals surface area (Å²) in [5.74, 6) is 1.78. The van der Waals surface area contributed by atoms with Crippen LogP contribution in [0.3, 0.4) is 0 Å². The Morgan fingerprint density at radius 1 is 1.12 bits per heavy atom. The van der Waals surface area contributed by atoms with E-state index in [4.69, 9.17) is 4.74 Å². The molecule has 2 aliphatic rings. The lowest BCUT2D eigenvalue weighted by Gasteiger charge is -2.23. The number of hydrogen-bond acceptors (Lipinski definition) is 3. The van der Waals surface area contributed by atoms with Gasteiger partial charge in [0.15, 0.2) is 0 Å². The standard InChI is InChI=1S/C20H30N2O2/c23-20(11-8-17-12-13-21-14-17)22-15-16-6-9-19(10-7-16)24-18-4-2-1-3-5-18/h6-7,9-10,17-18,21H,1-5,8,11-15H2,(H,22,23). The van der Waals surface area contributed by atoms with Crippen LogP contribution < -0.4 is 15.4 Å². The quantitative estimate of drug-likeness (QED) is 0.805. The number of benzene rings is 1. The third kappa shape index (κ3) is 5.52. The van der Waals surface area contributed by atoms with Crippen LogP contribution in [-0.4, -0.2) is 25.1 Å². The van der Waals surface area contributed by atoms with Crippen molar-refractivity contribution in [2.75, 3.05) is 13.1 Å². The average Bonchev–Trinajstić information content (AvgIpc) is 3.14. The van der Waals surface area contributed by atoms with Crippen LogP contribution in [0.1, 0.15) is 56.9 Å². The van der Waals surface area contributed by atoms with E-state index < -0.39 is 0 Å². The molecule has 1 saturated carbocycles. The number of amides is 1. The summed E-state index contributed by atoms with van der Waals surface area (Å²) in [6, 6.07) is 8.17. The highest BCUT2D eigenvalue weighted by molar-refractivity contribution is 5.75. The van der Waals surface area contributed by atoms with Gasteiger partial charge in [0.05, 0.1) is 6.10 Å². The molecular formula is C20H30N2O2. The molecule has 1 aromatic carbocycles. The molecule has 0 bridgehead atoms. The summed E-state index contributed by atoms with van der Waals surface area (Å²) in [5.41, 5.74) is 1.13. The van der Waals surface area contributed by atoms with Gasteiger partial charge in [-0.2, -0.15) is 0 Å². The number of nitrogens with one attached hydrogen (secondary N) is 2.